The summed E-state index contributed by atoms with van der Waals surface area (Å²) >= 11 is 5.86. The zero-order chi connectivity index (χ0) is 21.7. The minimum Gasteiger partial charge on any atom is -0.353 e. The topological polar surface area (TPSA) is 76.0 Å². The monoisotopic (exact) mass is 442 g/mol. The van der Waals surface area contributed by atoms with Crippen LogP contribution in [0.1, 0.15) is 54.6 Å². The first-order valence-electron chi connectivity index (χ1n) is 9.74. The molecule has 10 heteroatoms. The lowest BCUT2D eigenvalue weighted by atomic mass is 9.95. The first-order chi connectivity index (χ1) is 14.3. The molecule has 6 nitrogen and oxygen atoms in total. The van der Waals surface area contributed by atoms with Gasteiger partial charge >= 0.3 is 6.18 Å². The van der Waals surface area contributed by atoms with E-state index in [0.717, 1.165) is 38.3 Å². The summed E-state index contributed by atoms with van der Waals surface area (Å²) in [6.45, 7) is -0.0724. The third kappa shape index (κ3) is 5.53. The van der Waals surface area contributed by atoms with Crippen molar-refractivity contribution in [2.75, 3.05) is 6.54 Å². The second-order valence-electron chi connectivity index (χ2n) is 7.20. The summed E-state index contributed by atoms with van der Waals surface area (Å²) < 4.78 is 41.6. The standard InChI is InChI=1S/C20H22ClF3N4O2/c21-13-5-4-8-15(11-13)28-18(20(22,23)24)16(12-26-28)19(30)25-10-9-17(29)27-14-6-2-1-3-7-14/h4-5,8,11-12,14H,1-3,6-7,9-10H2,(H,25,30)(H,27,29). The van der Waals surface area contributed by atoms with Crippen LogP contribution in [0.2, 0.25) is 5.02 Å². The summed E-state index contributed by atoms with van der Waals surface area (Å²) in [5, 5.41) is 9.25. The summed E-state index contributed by atoms with van der Waals surface area (Å²) in [6.07, 6.45) is 1.19. The number of aromatic nitrogens is 2. The molecule has 1 aliphatic carbocycles. The van der Waals surface area contributed by atoms with Crippen molar-refractivity contribution < 1.29 is 22.8 Å². The lowest BCUT2D eigenvalue weighted by Gasteiger charge is -2.22. The third-order valence-corrected chi connectivity index (χ3v) is 5.18. The van der Waals surface area contributed by atoms with E-state index in [-0.39, 0.29) is 35.6 Å². The van der Waals surface area contributed by atoms with E-state index in [4.69, 9.17) is 11.6 Å². The van der Waals surface area contributed by atoms with E-state index >= 15 is 0 Å². The van der Waals surface area contributed by atoms with Crippen LogP contribution in [-0.2, 0) is 11.0 Å². The summed E-state index contributed by atoms with van der Waals surface area (Å²) in [7, 11) is 0. The Morgan fingerprint density at radius 2 is 1.93 bits per heavy atom. The Bertz CT molecular complexity index is 908. The molecule has 162 valence electrons. The van der Waals surface area contributed by atoms with E-state index in [2.05, 4.69) is 15.7 Å². The Morgan fingerprint density at radius 3 is 2.60 bits per heavy atom. The molecule has 0 radical (unpaired) electrons. The molecule has 0 unspecified atom stereocenters. The molecule has 0 spiro atoms. The second kappa shape index (κ2) is 9.51. The van der Waals surface area contributed by atoms with Crippen molar-refractivity contribution in [2.24, 2.45) is 0 Å². The molecular weight excluding hydrogens is 421 g/mol. The molecular formula is C20H22ClF3N4O2. The van der Waals surface area contributed by atoms with Gasteiger partial charge in [0.1, 0.15) is 0 Å². The number of alkyl halides is 3. The minimum atomic E-state index is -4.82. The molecule has 1 aromatic heterocycles. The van der Waals surface area contributed by atoms with Gasteiger partial charge in [-0.2, -0.15) is 18.3 Å². The number of amides is 2. The predicted molar refractivity (Wildman–Crippen MR) is 106 cm³/mol. The largest absolute Gasteiger partial charge is 0.434 e. The van der Waals surface area contributed by atoms with Crippen LogP contribution in [0, 0.1) is 0 Å². The molecule has 2 N–H and O–H groups in total. The van der Waals surface area contributed by atoms with Gasteiger partial charge in [0.2, 0.25) is 5.91 Å². The van der Waals surface area contributed by atoms with Crippen molar-refractivity contribution in [3.05, 3.63) is 46.7 Å². The maximum absolute atomic E-state index is 13.7. The Kier molecular flexibility index (Phi) is 7.02. The Labute approximate surface area is 176 Å². The SMILES string of the molecule is O=C(CCNC(=O)c1cnn(-c2cccc(Cl)c2)c1C(F)(F)F)NC1CCCCC1. The fourth-order valence-corrected chi connectivity index (χ4v) is 3.71. The van der Waals surface area contributed by atoms with E-state index in [1.807, 2.05) is 0 Å². The molecule has 0 bridgehead atoms. The van der Waals surface area contributed by atoms with Gasteiger partial charge in [-0.1, -0.05) is 36.9 Å². The minimum absolute atomic E-state index is 0.00792. The maximum Gasteiger partial charge on any atom is 0.434 e. The van der Waals surface area contributed by atoms with Crippen LogP contribution in [0.3, 0.4) is 0 Å². The van der Waals surface area contributed by atoms with E-state index in [1.54, 1.807) is 0 Å². The number of halogens is 4. The van der Waals surface area contributed by atoms with Gasteiger partial charge in [-0.05, 0) is 31.0 Å². The van der Waals surface area contributed by atoms with Gasteiger partial charge in [0.15, 0.2) is 5.69 Å². The maximum atomic E-state index is 13.7. The third-order valence-electron chi connectivity index (χ3n) is 4.94. The van der Waals surface area contributed by atoms with E-state index in [9.17, 15) is 22.8 Å². The van der Waals surface area contributed by atoms with E-state index in [0.29, 0.717) is 4.68 Å². The van der Waals surface area contributed by atoms with Gasteiger partial charge in [0, 0.05) is 24.0 Å². The second-order valence-corrected chi connectivity index (χ2v) is 7.64. The zero-order valence-electron chi connectivity index (χ0n) is 16.1. The normalized spacial score (nSPS) is 15.1. The highest BCUT2D eigenvalue weighted by atomic mass is 35.5. The smallest absolute Gasteiger partial charge is 0.353 e. The molecule has 2 amide bonds. The summed E-state index contributed by atoms with van der Waals surface area (Å²) in [6, 6.07) is 5.87. The summed E-state index contributed by atoms with van der Waals surface area (Å²) in [5.41, 5.74) is -1.73. The number of carbonyl (C=O) groups is 2. The van der Waals surface area contributed by atoms with Crippen LogP contribution in [0.15, 0.2) is 30.5 Å². The van der Waals surface area contributed by atoms with Crippen molar-refractivity contribution in [3.8, 4) is 5.69 Å². The molecule has 3 rings (SSSR count). The summed E-state index contributed by atoms with van der Waals surface area (Å²) in [5.74, 6) is -1.17. The molecule has 2 aromatic rings. The van der Waals surface area contributed by atoms with Gasteiger partial charge in [0.25, 0.3) is 5.91 Å². The highest BCUT2D eigenvalue weighted by molar-refractivity contribution is 6.30. The summed E-state index contributed by atoms with van der Waals surface area (Å²) in [4.78, 5) is 24.4. The molecule has 30 heavy (non-hydrogen) atoms. The van der Waals surface area contributed by atoms with Crippen molar-refractivity contribution in [1.82, 2.24) is 20.4 Å². The molecule has 1 aliphatic rings. The highest BCUT2D eigenvalue weighted by Gasteiger charge is 2.40. The van der Waals surface area contributed by atoms with Crippen LogP contribution >= 0.6 is 11.6 Å². The molecule has 0 atom stereocenters. The van der Waals surface area contributed by atoms with Crippen molar-refractivity contribution >= 4 is 23.4 Å². The quantitative estimate of drug-likeness (QED) is 0.706. The molecule has 0 saturated heterocycles. The van der Waals surface area contributed by atoms with Gasteiger partial charge < -0.3 is 10.6 Å². The fourth-order valence-electron chi connectivity index (χ4n) is 3.52. The predicted octanol–water partition coefficient (Wildman–Crippen LogP) is 4.11. The van der Waals surface area contributed by atoms with Crippen molar-refractivity contribution in [1.29, 1.82) is 0 Å². The van der Waals surface area contributed by atoms with Crippen LogP contribution in [-0.4, -0.2) is 34.2 Å². The van der Waals surface area contributed by atoms with Gasteiger partial charge in [-0.25, -0.2) is 4.68 Å². The number of hydrogen-bond donors (Lipinski definition) is 2. The van der Waals surface area contributed by atoms with Crippen LogP contribution < -0.4 is 10.6 Å². The lowest BCUT2D eigenvalue weighted by Crippen LogP contribution is -2.38. The Balaban J connectivity index is 1.66. The Hall–Kier alpha value is -2.55. The van der Waals surface area contributed by atoms with Crippen molar-refractivity contribution in [2.45, 2.75) is 50.7 Å². The number of nitrogens with one attached hydrogen (secondary N) is 2. The highest BCUT2D eigenvalue weighted by Crippen LogP contribution is 2.34. The van der Waals surface area contributed by atoms with E-state index in [1.165, 1.54) is 24.3 Å². The first kappa shape index (κ1) is 22.1. The van der Waals surface area contributed by atoms with Gasteiger partial charge in [0.05, 0.1) is 17.4 Å². The van der Waals surface area contributed by atoms with Crippen LogP contribution in [0.4, 0.5) is 13.2 Å². The number of rotatable bonds is 6. The number of benzene rings is 1. The van der Waals surface area contributed by atoms with Gasteiger partial charge in [-0.15, -0.1) is 0 Å². The average Bonchev–Trinajstić information content (AvgIpc) is 3.14. The number of carbonyl (C=O) groups excluding carboxylic acids is 2. The first-order valence-corrected chi connectivity index (χ1v) is 10.1. The van der Waals surface area contributed by atoms with Crippen LogP contribution in [0.5, 0.6) is 0 Å². The molecule has 1 saturated carbocycles. The molecule has 1 heterocycles. The molecule has 1 aromatic carbocycles. The number of hydrogen-bond acceptors (Lipinski definition) is 3. The zero-order valence-corrected chi connectivity index (χ0v) is 16.9. The molecule has 0 aliphatic heterocycles. The average molecular weight is 443 g/mol. The van der Waals surface area contributed by atoms with Crippen LogP contribution in [0.25, 0.3) is 5.69 Å². The number of nitrogens with zero attached hydrogens (tertiary/aromatic N) is 2. The fraction of sp³-hybridized carbons (Fsp3) is 0.450. The van der Waals surface area contributed by atoms with Crippen molar-refractivity contribution in [3.63, 3.8) is 0 Å². The van der Waals surface area contributed by atoms with Gasteiger partial charge in [-0.3, -0.25) is 9.59 Å². The molecule has 1 fully saturated rings. The lowest BCUT2D eigenvalue weighted by molar-refractivity contribution is -0.143. The van der Waals surface area contributed by atoms with E-state index < -0.39 is 23.3 Å². The Morgan fingerprint density at radius 1 is 1.20 bits per heavy atom.